The van der Waals surface area contributed by atoms with Crippen molar-refractivity contribution >= 4 is 29.9 Å². The maximum atomic E-state index is 5.90. The van der Waals surface area contributed by atoms with Crippen LogP contribution in [0.5, 0.6) is 5.88 Å². The van der Waals surface area contributed by atoms with Crippen LogP contribution in [0.15, 0.2) is 53.7 Å². The third-order valence-corrected chi connectivity index (χ3v) is 3.93. The van der Waals surface area contributed by atoms with Crippen LogP contribution in [0.2, 0.25) is 0 Å². The maximum Gasteiger partial charge on any atom is 0.218 e. The monoisotopic (exact) mass is 514 g/mol. The highest BCUT2D eigenvalue weighted by molar-refractivity contribution is 14.0. The summed E-state index contributed by atoms with van der Waals surface area (Å²) in [6.07, 6.45) is 2.63. The molecule has 1 aromatic carbocycles. The number of guanidine groups is 1. The van der Waals surface area contributed by atoms with Crippen molar-refractivity contribution in [2.24, 2.45) is 4.99 Å². The zero-order chi connectivity index (χ0) is 19.9. The van der Waals surface area contributed by atoms with E-state index in [1.54, 1.807) is 20.4 Å². The van der Waals surface area contributed by atoms with Crippen LogP contribution in [0.3, 0.4) is 0 Å². The summed E-state index contributed by atoms with van der Waals surface area (Å²) in [5, 5.41) is 6.57. The summed E-state index contributed by atoms with van der Waals surface area (Å²) < 4.78 is 16.3. The summed E-state index contributed by atoms with van der Waals surface area (Å²) in [5.74, 6) is 1.36. The molecule has 0 aliphatic rings. The normalized spacial score (nSPS) is 10.9. The lowest BCUT2D eigenvalue weighted by molar-refractivity contribution is 0.0698. The Morgan fingerprint density at radius 3 is 2.62 bits per heavy atom. The van der Waals surface area contributed by atoms with Crippen LogP contribution in [0.4, 0.5) is 0 Å². The Morgan fingerprint density at radius 2 is 1.86 bits per heavy atom. The zero-order valence-electron chi connectivity index (χ0n) is 17.1. The van der Waals surface area contributed by atoms with Gasteiger partial charge in [-0.2, -0.15) is 0 Å². The number of pyridine rings is 1. The standard InChI is InChI=1S/C21H30N4O3.HI/c1-22-21(24-12-7-13-27-15-14-26-2)25-16-19-10-6-11-23-20(19)28-17-18-8-4-3-5-9-18;/h3-6,8-11H,7,12-17H2,1-2H3,(H2,22,24,25);1H. The maximum absolute atomic E-state index is 5.90. The molecule has 0 unspecified atom stereocenters. The Balaban J connectivity index is 0.00000420. The minimum absolute atomic E-state index is 0. The number of benzene rings is 1. The number of ether oxygens (including phenoxy) is 3. The van der Waals surface area contributed by atoms with Gasteiger partial charge in [0.1, 0.15) is 6.61 Å². The predicted molar refractivity (Wildman–Crippen MR) is 126 cm³/mol. The molecule has 0 aliphatic carbocycles. The van der Waals surface area contributed by atoms with Gasteiger partial charge in [-0.3, -0.25) is 4.99 Å². The third kappa shape index (κ3) is 10.4. The Morgan fingerprint density at radius 1 is 1.03 bits per heavy atom. The van der Waals surface area contributed by atoms with Gasteiger partial charge in [-0.1, -0.05) is 36.4 Å². The fourth-order valence-electron chi connectivity index (χ4n) is 2.44. The van der Waals surface area contributed by atoms with Crippen molar-refractivity contribution in [3.05, 3.63) is 59.8 Å². The molecule has 1 heterocycles. The molecule has 160 valence electrons. The molecular weight excluding hydrogens is 483 g/mol. The Kier molecular flexibility index (Phi) is 13.8. The van der Waals surface area contributed by atoms with Crippen molar-refractivity contribution in [2.45, 2.75) is 19.6 Å². The highest BCUT2D eigenvalue weighted by Crippen LogP contribution is 2.15. The van der Waals surface area contributed by atoms with Crippen molar-refractivity contribution in [1.29, 1.82) is 0 Å². The van der Waals surface area contributed by atoms with E-state index < -0.39 is 0 Å². The van der Waals surface area contributed by atoms with Crippen molar-refractivity contribution < 1.29 is 14.2 Å². The molecule has 2 rings (SSSR count). The summed E-state index contributed by atoms with van der Waals surface area (Å²) in [4.78, 5) is 8.61. The number of rotatable bonds is 12. The molecule has 0 amide bonds. The smallest absolute Gasteiger partial charge is 0.218 e. The lowest BCUT2D eigenvalue weighted by Gasteiger charge is -2.14. The number of aromatic nitrogens is 1. The zero-order valence-corrected chi connectivity index (χ0v) is 19.4. The Hall–Kier alpha value is -1.91. The summed E-state index contributed by atoms with van der Waals surface area (Å²) in [5.41, 5.74) is 2.08. The summed E-state index contributed by atoms with van der Waals surface area (Å²) in [6.45, 7) is 3.76. The van der Waals surface area contributed by atoms with Gasteiger partial charge in [-0.15, -0.1) is 24.0 Å². The molecule has 0 fully saturated rings. The summed E-state index contributed by atoms with van der Waals surface area (Å²) >= 11 is 0. The number of aliphatic imine (C=N–C) groups is 1. The quantitative estimate of drug-likeness (QED) is 0.196. The molecular formula is C21H31IN4O3. The SMILES string of the molecule is CN=C(NCCCOCCOC)NCc1cccnc1OCc1ccccc1.I. The minimum Gasteiger partial charge on any atom is -0.473 e. The second-order valence-electron chi connectivity index (χ2n) is 6.05. The van der Waals surface area contributed by atoms with E-state index in [1.165, 1.54) is 0 Å². The fraction of sp³-hybridized carbons (Fsp3) is 0.429. The summed E-state index contributed by atoms with van der Waals surface area (Å²) in [6, 6.07) is 14.0. The summed E-state index contributed by atoms with van der Waals surface area (Å²) in [7, 11) is 3.42. The predicted octanol–water partition coefficient (Wildman–Crippen LogP) is 3.00. The van der Waals surface area contributed by atoms with E-state index in [2.05, 4.69) is 20.6 Å². The molecule has 0 aliphatic heterocycles. The highest BCUT2D eigenvalue weighted by Gasteiger charge is 2.06. The Labute approximate surface area is 190 Å². The van der Waals surface area contributed by atoms with E-state index >= 15 is 0 Å². The van der Waals surface area contributed by atoms with Gasteiger partial charge < -0.3 is 24.8 Å². The first-order valence-corrected chi connectivity index (χ1v) is 9.45. The van der Waals surface area contributed by atoms with Crippen LogP contribution < -0.4 is 15.4 Å². The van der Waals surface area contributed by atoms with Gasteiger partial charge in [0.2, 0.25) is 5.88 Å². The molecule has 1 aromatic heterocycles. The lowest BCUT2D eigenvalue weighted by Crippen LogP contribution is -2.37. The molecule has 0 saturated heterocycles. The van der Waals surface area contributed by atoms with Crippen LogP contribution in [0, 0.1) is 0 Å². The number of hydrogen-bond acceptors (Lipinski definition) is 5. The number of halogens is 1. The van der Waals surface area contributed by atoms with Gasteiger partial charge in [0.25, 0.3) is 0 Å². The number of methoxy groups -OCH3 is 1. The minimum atomic E-state index is 0. The number of nitrogens with one attached hydrogen (secondary N) is 2. The largest absolute Gasteiger partial charge is 0.473 e. The van der Waals surface area contributed by atoms with Crippen LogP contribution in [-0.2, 0) is 22.6 Å². The molecule has 2 N–H and O–H groups in total. The number of nitrogens with zero attached hydrogens (tertiary/aromatic N) is 2. The van der Waals surface area contributed by atoms with E-state index in [4.69, 9.17) is 14.2 Å². The molecule has 0 saturated carbocycles. The van der Waals surface area contributed by atoms with E-state index in [0.29, 0.717) is 38.9 Å². The first kappa shape index (κ1) is 25.1. The topological polar surface area (TPSA) is 77.0 Å². The van der Waals surface area contributed by atoms with Crippen molar-refractivity contribution in [3.8, 4) is 5.88 Å². The third-order valence-electron chi connectivity index (χ3n) is 3.93. The van der Waals surface area contributed by atoms with Gasteiger partial charge in [0.15, 0.2) is 5.96 Å². The number of hydrogen-bond donors (Lipinski definition) is 2. The molecule has 0 spiro atoms. The average Bonchev–Trinajstić information content (AvgIpc) is 2.75. The molecule has 8 heteroatoms. The van der Waals surface area contributed by atoms with Crippen molar-refractivity contribution in [1.82, 2.24) is 15.6 Å². The van der Waals surface area contributed by atoms with Gasteiger partial charge in [0, 0.05) is 45.6 Å². The second kappa shape index (κ2) is 15.9. The molecule has 29 heavy (non-hydrogen) atoms. The lowest BCUT2D eigenvalue weighted by atomic mass is 10.2. The molecule has 7 nitrogen and oxygen atoms in total. The van der Waals surface area contributed by atoms with Gasteiger partial charge in [-0.25, -0.2) is 4.98 Å². The van der Waals surface area contributed by atoms with E-state index in [1.807, 2.05) is 42.5 Å². The van der Waals surface area contributed by atoms with Crippen LogP contribution in [0.25, 0.3) is 0 Å². The second-order valence-corrected chi connectivity index (χ2v) is 6.05. The van der Waals surface area contributed by atoms with E-state index in [9.17, 15) is 0 Å². The van der Waals surface area contributed by atoms with Gasteiger partial charge >= 0.3 is 0 Å². The molecule has 0 bridgehead atoms. The van der Waals surface area contributed by atoms with E-state index in [0.717, 1.165) is 30.1 Å². The molecule has 0 radical (unpaired) electrons. The first-order chi connectivity index (χ1) is 13.8. The Bertz CT molecular complexity index is 701. The van der Waals surface area contributed by atoms with Gasteiger partial charge in [-0.05, 0) is 18.1 Å². The van der Waals surface area contributed by atoms with Crippen molar-refractivity contribution in [2.75, 3.05) is 40.5 Å². The average molecular weight is 514 g/mol. The van der Waals surface area contributed by atoms with E-state index in [-0.39, 0.29) is 24.0 Å². The highest BCUT2D eigenvalue weighted by atomic mass is 127. The van der Waals surface area contributed by atoms with Crippen molar-refractivity contribution in [3.63, 3.8) is 0 Å². The van der Waals surface area contributed by atoms with Crippen LogP contribution >= 0.6 is 24.0 Å². The molecule has 2 aromatic rings. The van der Waals surface area contributed by atoms with Crippen LogP contribution in [0.1, 0.15) is 17.5 Å². The molecule has 0 atom stereocenters. The first-order valence-electron chi connectivity index (χ1n) is 9.45. The van der Waals surface area contributed by atoms with Gasteiger partial charge in [0.05, 0.1) is 13.2 Å². The van der Waals surface area contributed by atoms with Crippen LogP contribution in [-0.4, -0.2) is 51.5 Å². The fourth-order valence-corrected chi connectivity index (χ4v) is 2.44.